The Balaban J connectivity index is 2.81. The highest BCUT2D eigenvalue weighted by molar-refractivity contribution is 9.10. The Bertz CT molecular complexity index is 623. The standard InChI is InChI=1S/C13H16BrN3O2/c1-7-5-9(18-3)12(19-4)10(11(7)14)8-6-16-17(2)13(8)15/h5-6H,15H2,1-4H3. The van der Waals surface area contributed by atoms with Crippen molar-refractivity contribution in [3.63, 3.8) is 0 Å². The minimum atomic E-state index is 0.576. The number of methoxy groups -OCH3 is 2. The minimum absolute atomic E-state index is 0.576. The first-order valence-corrected chi connectivity index (χ1v) is 6.49. The van der Waals surface area contributed by atoms with E-state index in [1.165, 1.54) is 0 Å². The summed E-state index contributed by atoms with van der Waals surface area (Å²) in [5, 5.41) is 4.17. The summed E-state index contributed by atoms with van der Waals surface area (Å²) < 4.78 is 13.4. The number of nitrogens with two attached hydrogens (primary N) is 1. The van der Waals surface area contributed by atoms with E-state index >= 15 is 0 Å². The molecule has 102 valence electrons. The van der Waals surface area contributed by atoms with Gasteiger partial charge in [0.2, 0.25) is 0 Å². The molecule has 0 aliphatic rings. The molecule has 1 aromatic heterocycles. The van der Waals surface area contributed by atoms with Gasteiger partial charge in [0.1, 0.15) is 5.82 Å². The fourth-order valence-electron chi connectivity index (χ4n) is 1.98. The zero-order chi connectivity index (χ0) is 14.2. The van der Waals surface area contributed by atoms with Crippen LogP contribution in [-0.4, -0.2) is 24.0 Å². The number of aromatic nitrogens is 2. The maximum atomic E-state index is 6.05. The van der Waals surface area contributed by atoms with Crippen LogP contribution in [0.4, 0.5) is 5.82 Å². The van der Waals surface area contributed by atoms with Gasteiger partial charge < -0.3 is 15.2 Å². The first-order valence-electron chi connectivity index (χ1n) is 5.70. The predicted octanol–water partition coefficient (Wildman–Crippen LogP) is 2.76. The van der Waals surface area contributed by atoms with Gasteiger partial charge in [-0.1, -0.05) is 0 Å². The normalized spacial score (nSPS) is 10.6. The van der Waals surface area contributed by atoms with Crippen LogP contribution in [0, 0.1) is 6.92 Å². The van der Waals surface area contributed by atoms with Crippen molar-refractivity contribution in [3.05, 3.63) is 22.3 Å². The molecule has 0 saturated carbocycles. The zero-order valence-corrected chi connectivity index (χ0v) is 12.9. The molecule has 6 heteroatoms. The number of benzene rings is 1. The first kappa shape index (κ1) is 13.7. The van der Waals surface area contributed by atoms with Gasteiger partial charge in [-0.25, -0.2) is 0 Å². The number of anilines is 1. The lowest BCUT2D eigenvalue weighted by Gasteiger charge is -2.16. The van der Waals surface area contributed by atoms with E-state index in [4.69, 9.17) is 15.2 Å². The van der Waals surface area contributed by atoms with E-state index in [2.05, 4.69) is 21.0 Å². The van der Waals surface area contributed by atoms with E-state index in [0.717, 1.165) is 21.2 Å². The van der Waals surface area contributed by atoms with Gasteiger partial charge in [0, 0.05) is 22.6 Å². The van der Waals surface area contributed by atoms with Gasteiger partial charge in [0.15, 0.2) is 11.5 Å². The molecule has 1 heterocycles. The second-order valence-electron chi connectivity index (χ2n) is 4.19. The van der Waals surface area contributed by atoms with Crippen molar-refractivity contribution in [2.45, 2.75) is 6.92 Å². The third kappa shape index (κ3) is 2.16. The smallest absolute Gasteiger partial charge is 0.169 e. The van der Waals surface area contributed by atoms with Crippen LogP contribution in [0.3, 0.4) is 0 Å². The Labute approximate surface area is 120 Å². The summed E-state index contributed by atoms with van der Waals surface area (Å²) in [7, 11) is 5.02. The van der Waals surface area contributed by atoms with Gasteiger partial charge in [0.05, 0.1) is 20.4 Å². The van der Waals surface area contributed by atoms with E-state index in [1.807, 2.05) is 13.0 Å². The van der Waals surface area contributed by atoms with Gasteiger partial charge in [-0.2, -0.15) is 5.10 Å². The van der Waals surface area contributed by atoms with Crippen molar-refractivity contribution < 1.29 is 9.47 Å². The molecule has 0 radical (unpaired) electrons. The number of nitrogen functional groups attached to an aromatic ring is 1. The van der Waals surface area contributed by atoms with Gasteiger partial charge >= 0.3 is 0 Å². The predicted molar refractivity (Wildman–Crippen MR) is 78.6 cm³/mol. The quantitative estimate of drug-likeness (QED) is 0.942. The number of hydrogen-bond donors (Lipinski definition) is 1. The lowest BCUT2D eigenvalue weighted by atomic mass is 10.0. The summed E-state index contributed by atoms with van der Waals surface area (Å²) in [5.74, 6) is 1.88. The average molecular weight is 326 g/mol. The lowest BCUT2D eigenvalue weighted by Crippen LogP contribution is -2.00. The second kappa shape index (κ2) is 5.13. The van der Waals surface area contributed by atoms with Crippen molar-refractivity contribution in [2.24, 2.45) is 7.05 Å². The molecular formula is C13H16BrN3O2. The SMILES string of the molecule is COc1cc(C)c(Br)c(-c2cnn(C)c2N)c1OC. The number of aryl methyl sites for hydroxylation is 2. The van der Waals surface area contributed by atoms with E-state index in [9.17, 15) is 0 Å². The number of hydrogen-bond acceptors (Lipinski definition) is 4. The summed E-state index contributed by atoms with van der Waals surface area (Å²) in [4.78, 5) is 0. The number of halogens is 1. The first-order chi connectivity index (χ1) is 9.01. The highest BCUT2D eigenvalue weighted by atomic mass is 79.9. The third-order valence-corrected chi connectivity index (χ3v) is 4.06. The Kier molecular flexibility index (Phi) is 3.71. The van der Waals surface area contributed by atoms with Gasteiger partial charge in [-0.15, -0.1) is 0 Å². The van der Waals surface area contributed by atoms with Crippen molar-refractivity contribution in [1.29, 1.82) is 0 Å². The third-order valence-electron chi connectivity index (χ3n) is 3.04. The monoisotopic (exact) mass is 325 g/mol. The highest BCUT2D eigenvalue weighted by Crippen LogP contribution is 2.46. The summed E-state index contributed by atoms with van der Waals surface area (Å²) in [6.45, 7) is 1.99. The van der Waals surface area contributed by atoms with Crippen LogP contribution in [0.5, 0.6) is 11.5 Å². The second-order valence-corrected chi connectivity index (χ2v) is 4.98. The maximum Gasteiger partial charge on any atom is 0.169 e. The Morgan fingerprint density at radius 1 is 1.32 bits per heavy atom. The Morgan fingerprint density at radius 2 is 2.00 bits per heavy atom. The molecule has 0 amide bonds. The minimum Gasteiger partial charge on any atom is -0.493 e. The van der Waals surface area contributed by atoms with E-state index < -0.39 is 0 Å². The van der Waals surface area contributed by atoms with Crippen molar-refractivity contribution in [2.75, 3.05) is 20.0 Å². The maximum absolute atomic E-state index is 6.05. The molecule has 2 rings (SSSR count). The van der Waals surface area contributed by atoms with Crippen LogP contribution in [0.15, 0.2) is 16.7 Å². The van der Waals surface area contributed by atoms with E-state index in [1.54, 1.807) is 32.1 Å². The van der Waals surface area contributed by atoms with E-state index in [-0.39, 0.29) is 0 Å². The van der Waals surface area contributed by atoms with Crippen LogP contribution in [0.25, 0.3) is 11.1 Å². The van der Waals surface area contributed by atoms with Gasteiger partial charge in [0.25, 0.3) is 0 Å². The van der Waals surface area contributed by atoms with Crippen LogP contribution in [0.1, 0.15) is 5.56 Å². The molecule has 0 unspecified atom stereocenters. The number of nitrogens with zero attached hydrogens (tertiary/aromatic N) is 2. The number of ether oxygens (including phenoxy) is 2. The van der Waals surface area contributed by atoms with Gasteiger partial charge in [-0.05, 0) is 34.5 Å². The summed E-state index contributed by atoms with van der Waals surface area (Å²) in [6, 6.07) is 1.92. The number of rotatable bonds is 3. The molecule has 0 atom stereocenters. The largest absolute Gasteiger partial charge is 0.493 e. The Hall–Kier alpha value is -1.69. The van der Waals surface area contributed by atoms with Gasteiger partial charge in [-0.3, -0.25) is 4.68 Å². The molecule has 0 spiro atoms. The van der Waals surface area contributed by atoms with Crippen molar-refractivity contribution in [1.82, 2.24) is 9.78 Å². The molecule has 1 aromatic carbocycles. The van der Waals surface area contributed by atoms with Crippen LogP contribution >= 0.6 is 15.9 Å². The fraction of sp³-hybridized carbons (Fsp3) is 0.308. The molecule has 5 nitrogen and oxygen atoms in total. The molecule has 2 aromatic rings. The fourth-order valence-corrected chi connectivity index (χ4v) is 2.49. The van der Waals surface area contributed by atoms with Crippen molar-refractivity contribution >= 4 is 21.7 Å². The summed E-state index contributed by atoms with van der Waals surface area (Å²) in [6.07, 6.45) is 1.72. The summed E-state index contributed by atoms with van der Waals surface area (Å²) in [5.41, 5.74) is 8.75. The van der Waals surface area contributed by atoms with Crippen LogP contribution in [0.2, 0.25) is 0 Å². The Morgan fingerprint density at radius 3 is 2.47 bits per heavy atom. The molecule has 19 heavy (non-hydrogen) atoms. The molecule has 0 bridgehead atoms. The average Bonchev–Trinajstić information content (AvgIpc) is 2.72. The van der Waals surface area contributed by atoms with Crippen LogP contribution < -0.4 is 15.2 Å². The summed E-state index contributed by atoms with van der Waals surface area (Å²) >= 11 is 3.59. The highest BCUT2D eigenvalue weighted by Gasteiger charge is 2.21. The lowest BCUT2D eigenvalue weighted by molar-refractivity contribution is 0.355. The van der Waals surface area contributed by atoms with E-state index in [0.29, 0.717) is 17.3 Å². The molecule has 0 aliphatic heterocycles. The molecule has 2 N–H and O–H groups in total. The molecule has 0 saturated heterocycles. The molecule has 0 aliphatic carbocycles. The van der Waals surface area contributed by atoms with Crippen LogP contribution in [-0.2, 0) is 7.05 Å². The van der Waals surface area contributed by atoms with Crippen molar-refractivity contribution in [3.8, 4) is 22.6 Å². The molecular weight excluding hydrogens is 310 g/mol. The zero-order valence-electron chi connectivity index (χ0n) is 11.3. The molecule has 0 fully saturated rings. The topological polar surface area (TPSA) is 62.3 Å².